The largest absolute Gasteiger partial charge is 0.294 e. The Labute approximate surface area is 158 Å². The van der Waals surface area contributed by atoms with Gasteiger partial charge in [0, 0.05) is 11.8 Å². The van der Waals surface area contributed by atoms with E-state index in [9.17, 15) is 4.79 Å². The molecule has 0 amide bonds. The normalized spacial score (nSPS) is 34.7. The van der Waals surface area contributed by atoms with E-state index in [0.717, 1.165) is 30.4 Å². The van der Waals surface area contributed by atoms with Gasteiger partial charge in [-0.3, -0.25) is 4.79 Å². The maximum atomic E-state index is 14.0. The van der Waals surface area contributed by atoms with Crippen molar-refractivity contribution in [3.05, 3.63) is 71.8 Å². The molecule has 0 N–H and O–H groups in total. The Bertz CT molecular complexity index is 837. The van der Waals surface area contributed by atoms with Crippen LogP contribution in [-0.4, -0.2) is 30.0 Å². The molecule has 1 fully saturated rings. The molecule has 5 rings (SSSR count). The predicted molar refractivity (Wildman–Crippen MR) is 102 cm³/mol. The Morgan fingerprint density at radius 1 is 0.704 bits per heavy atom. The summed E-state index contributed by atoms with van der Waals surface area (Å²) in [5, 5.41) is 17.9. The van der Waals surface area contributed by atoms with E-state index >= 15 is 0 Å². The summed E-state index contributed by atoms with van der Waals surface area (Å²) in [4.78, 5) is 14.0. The van der Waals surface area contributed by atoms with Crippen LogP contribution in [0.4, 0.5) is 0 Å². The van der Waals surface area contributed by atoms with E-state index in [4.69, 9.17) is 0 Å². The van der Waals surface area contributed by atoms with Crippen LogP contribution in [0.1, 0.15) is 42.2 Å². The third-order valence-corrected chi connectivity index (χ3v) is 6.49. The van der Waals surface area contributed by atoms with E-state index in [0.29, 0.717) is 13.1 Å². The Kier molecular flexibility index (Phi) is 3.78. The fraction of sp³-hybridized carbons (Fsp3) is 0.409. The molecule has 0 radical (unpaired) electrons. The molecule has 136 valence electrons. The van der Waals surface area contributed by atoms with Crippen molar-refractivity contribution >= 4 is 5.78 Å². The first kappa shape index (κ1) is 16.5. The van der Waals surface area contributed by atoms with Gasteiger partial charge in [-0.05, 0) is 30.4 Å². The van der Waals surface area contributed by atoms with Gasteiger partial charge in [0.05, 0.1) is 13.1 Å². The maximum absolute atomic E-state index is 14.0. The van der Waals surface area contributed by atoms with Gasteiger partial charge in [-0.15, -0.1) is 0 Å². The number of Topliss-reactive ketones (excluding diaryl/α,β-unsaturated/α-hetero) is 1. The molecule has 2 aromatic rings. The minimum absolute atomic E-state index is 0.00408. The lowest BCUT2D eigenvalue weighted by molar-refractivity contribution is -0.133. The summed E-state index contributed by atoms with van der Waals surface area (Å²) < 4.78 is 0. The van der Waals surface area contributed by atoms with E-state index in [-0.39, 0.29) is 17.6 Å². The summed E-state index contributed by atoms with van der Waals surface area (Å²) in [7, 11) is 0. The van der Waals surface area contributed by atoms with E-state index in [1.54, 1.807) is 0 Å². The van der Waals surface area contributed by atoms with E-state index in [2.05, 4.69) is 44.7 Å². The van der Waals surface area contributed by atoms with Gasteiger partial charge in [0.15, 0.2) is 16.9 Å². The molecule has 0 saturated heterocycles. The molecule has 2 aromatic carbocycles. The predicted octanol–water partition coefficient (Wildman–Crippen LogP) is 4.72. The number of carbonyl (C=O) groups is 1. The van der Waals surface area contributed by atoms with Gasteiger partial charge in [-0.1, -0.05) is 60.7 Å². The maximum Gasteiger partial charge on any atom is 0.192 e. The smallest absolute Gasteiger partial charge is 0.192 e. The minimum Gasteiger partial charge on any atom is -0.294 e. The van der Waals surface area contributed by atoms with Gasteiger partial charge in [0.1, 0.15) is 0 Å². The summed E-state index contributed by atoms with van der Waals surface area (Å²) in [5.41, 5.74) is 0.685. The minimum atomic E-state index is -0.796. The Morgan fingerprint density at radius 3 is 1.59 bits per heavy atom. The molecule has 5 nitrogen and oxygen atoms in total. The molecule has 2 heterocycles. The van der Waals surface area contributed by atoms with Crippen molar-refractivity contribution in [2.75, 3.05) is 13.1 Å². The summed E-state index contributed by atoms with van der Waals surface area (Å²) in [5.74, 6) is 0.109. The third-order valence-electron chi connectivity index (χ3n) is 6.49. The Hall–Kier alpha value is -2.69. The molecule has 4 atom stereocenters. The van der Waals surface area contributed by atoms with Gasteiger partial charge in [-0.25, -0.2) is 0 Å². The highest BCUT2D eigenvalue weighted by Gasteiger charge is 2.63. The summed E-state index contributed by atoms with van der Waals surface area (Å²) in [6.45, 7) is 1.14. The van der Waals surface area contributed by atoms with Crippen molar-refractivity contribution in [2.45, 2.75) is 42.2 Å². The second kappa shape index (κ2) is 6.19. The first-order valence-electron chi connectivity index (χ1n) is 9.68. The van der Waals surface area contributed by atoms with Crippen molar-refractivity contribution in [1.29, 1.82) is 0 Å². The topological polar surface area (TPSA) is 66.5 Å². The van der Waals surface area contributed by atoms with Gasteiger partial charge in [-0.2, -0.15) is 20.5 Å². The standard InChI is InChI=1S/C22H22N4O/c27-20-21(18(14-23-25-21)16-8-3-1-4-9-16)12-7-13-22(20)19(15-24-26-22)17-10-5-2-6-11-17/h1-6,8-11,18-19H,7,12-15H2/t18-,19-,21-,22+/m0/s1. The van der Waals surface area contributed by atoms with Crippen LogP contribution >= 0.6 is 0 Å². The zero-order valence-electron chi connectivity index (χ0n) is 15.2. The highest BCUT2D eigenvalue weighted by molar-refractivity contribution is 6.00. The van der Waals surface area contributed by atoms with Crippen LogP contribution in [0.3, 0.4) is 0 Å². The van der Waals surface area contributed by atoms with Crippen LogP contribution in [-0.2, 0) is 4.79 Å². The monoisotopic (exact) mass is 358 g/mol. The number of ketones is 1. The van der Waals surface area contributed by atoms with Crippen molar-refractivity contribution in [1.82, 2.24) is 0 Å². The average molecular weight is 358 g/mol. The Balaban J connectivity index is 1.58. The number of carbonyl (C=O) groups excluding carboxylic acids is 1. The van der Waals surface area contributed by atoms with Crippen molar-refractivity contribution in [3.8, 4) is 0 Å². The average Bonchev–Trinajstić information content (AvgIpc) is 3.33. The molecule has 1 saturated carbocycles. The van der Waals surface area contributed by atoms with Crippen molar-refractivity contribution in [2.24, 2.45) is 20.5 Å². The molecule has 5 heteroatoms. The number of azo groups is 2. The van der Waals surface area contributed by atoms with Crippen LogP contribution in [0, 0.1) is 0 Å². The molecule has 0 unspecified atom stereocenters. The molecule has 2 aliphatic heterocycles. The molecular formula is C22H22N4O. The molecular weight excluding hydrogens is 336 g/mol. The van der Waals surface area contributed by atoms with E-state index in [1.807, 2.05) is 36.4 Å². The fourth-order valence-corrected chi connectivity index (χ4v) is 5.16. The summed E-state index contributed by atoms with van der Waals surface area (Å²) >= 11 is 0. The SMILES string of the molecule is O=C1[C@]2(CCC[C@@]13N=NC[C@H]3c1ccccc1)N=NC[C@H]2c1ccccc1. The summed E-state index contributed by atoms with van der Waals surface area (Å²) in [6.07, 6.45) is 2.40. The van der Waals surface area contributed by atoms with E-state index < -0.39 is 11.1 Å². The highest BCUT2D eigenvalue weighted by atomic mass is 16.1. The van der Waals surface area contributed by atoms with Gasteiger partial charge in [0.25, 0.3) is 0 Å². The molecule has 1 aliphatic carbocycles. The fourth-order valence-electron chi connectivity index (χ4n) is 5.16. The second-order valence-electron chi connectivity index (χ2n) is 7.81. The molecule has 27 heavy (non-hydrogen) atoms. The quantitative estimate of drug-likeness (QED) is 0.766. The molecule has 0 aromatic heterocycles. The van der Waals surface area contributed by atoms with Gasteiger partial charge >= 0.3 is 0 Å². The number of rotatable bonds is 2. The number of hydrogen-bond acceptors (Lipinski definition) is 5. The number of hydrogen-bond donors (Lipinski definition) is 0. The van der Waals surface area contributed by atoms with Crippen molar-refractivity contribution < 1.29 is 4.79 Å². The lowest BCUT2D eigenvalue weighted by Crippen LogP contribution is -2.58. The summed E-state index contributed by atoms with van der Waals surface area (Å²) in [6, 6.07) is 20.4. The van der Waals surface area contributed by atoms with Crippen molar-refractivity contribution in [3.63, 3.8) is 0 Å². The van der Waals surface area contributed by atoms with Gasteiger partial charge in [0.2, 0.25) is 0 Å². The zero-order chi connectivity index (χ0) is 18.3. The van der Waals surface area contributed by atoms with Gasteiger partial charge < -0.3 is 0 Å². The zero-order valence-corrected chi connectivity index (χ0v) is 15.2. The molecule has 3 aliphatic rings. The van der Waals surface area contributed by atoms with Crippen LogP contribution in [0.2, 0.25) is 0 Å². The number of benzene rings is 2. The Morgan fingerprint density at radius 2 is 1.15 bits per heavy atom. The molecule has 2 spiro atoms. The van der Waals surface area contributed by atoms with Crippen LogP contribution < -0.4 is 0 Å². The lowest BCUT2D eigenvalue weighted by Gasteiger charge is -2.43. The highest BCUT2D eigenvalue weighted by Crippen LogP contribution is 2.53. The molecule has 0 bridgehead atoms. The van der Waals surface area contributed by atoms with Crippen LogP contribution in [0.5, 0.6) is 0 Å². The second-order valence-corrected chi connectivity index (χ2v) is 7.81. The van der Waals surface area contributed by atoms with Crippen LogP contribution in [0.15, 0.2) is 81.1 Å². The van der Waals surface area contributed by atoms with Crippen LogP contribution in [0.25, 0.3) is 0 Å². The first-order chi connectivity index (χ1) is 13.3. The van der Waals surface area contributed by atoms with E-state index in [1.165, 1.54) is 0 Å². The lowest BCUT2D eigenvalue weighted by atomic mass is 9.60. The number of nitrogens with zero attached hydrogens (tertiary/aromatic N) is 4. The third kappa shape index (κ3) is 2.34. The first-order valence-corrected chi connectivity index (χ1v) is 9.68.